The smallest absolute Gasteiger partial charge is 0.463 e. The highest BCUT2D eigenvalue weighted by molar-refractivity contribution is 7.47. The summed E-state index contributed by atoms with van der Waals surface area (Å²) in [5, 5.41) is 12.7. The van der Waals surface area contributed by atoms with Crippen molar-refractivity contribution in [3.8, 4) is 0 Å². The van der Waals surface area contributed by atoms with Crippen LogP contribution in [0.2, 0.25) is 0 Å². The molecular formula is C47H84NO8P. The number of aliphatic hydroxyl groups is 1. The van der Waals surface area contributed by atoms with E-state index in [-0.39, 0.29) is 32.1 Å². The molecule has 330 valence electrons. The second-order valence-corrected chi connectivity index (χ2v) is 16.5. The molecule has 0 fully saturated rings. The zero-order valence-electron chi connectivity index (χ0n) is 36.3. The van der Waals surface area contributed by atoms with E-state index < -0.39 is 26.5 Å². The minimum Gasteiger partial charge on any atom is -0.463 e. The zero-order valence-corrected chi connectivity index (χ0v) is 37.2. The number of nitrogens with one attached hydrogen (secondary N) is 1. The molecule has 0 rings (SSSR count). The molecule has 2 unspecified atom stereocenters. The van der Waals surface area contributed by atoms with Gasteiger partial charge in [-0.2, -0.15) is 0 Å². The summed E-state index contributed by atoms with van der Waals surface area (Å²) in [4.78, 5) is 33.9. The third kappa shape index (κ3) is 44.7. The molecule has 0 aliphatic heterocycles. The molecule has 2 atom stereocenters. The van der Waals surface area contributed by atoms with Crippen molar-refractivity contribution < 1.29 is 37.9 Å². The molecule has 0 heterocycles. The minimum absolute atomic E-state index is 0.0728. The van der Waals surface area contributed by atoms with E-state index in [0.717, 1.165) is 83.5 Å². The predicted molar refractivity (Wildman–Crippen MR) is 238 cm³/mol. The van der Waals surface area contributed by atoms with Gasteiger partial charge >= 0.3 is 13.8 Å². The average molecular weight is 822 g/mol. The summed E-state index contributed by atoms with van der Waals surface area (Å²) in [7, 11) is -4.43. The van der Waals surface area contributed by atoms with Crippen LogP contribution < -0.4 is 5.32 Å². The lowest BCUT2D eigenvalue weighted by atomic mass is 10.1. The molecule has 0 aliphatic carbocycles. The molecule has 1 amide bonds. The van der Waals surface area contributed by atoms with Gasteiger partial charge in [0, 0.05) is 19.4 Å². The first kappa shape index (κ1) is 54.7. The highest BCUT2D eigenvalue weighted by Crippen LogP contribution is 2.42. The Morgan fingerprint density at radius 2 is 0.947 bits per heavy atom. The Morgan fingerprint density at radius 3 is 1.47 bits per heavy atom. The van der Waals surface area contributed by atoms with E-state index in [0.29, 0.717) is 12.8 Å². The number of esters is 1. The van der Waals surface area contributed by atoms with E-state index in [2.05, 4.69) is 79.9 Å². The molecule has 0 aromatic heterocycles. The number of allylic oxidation sites excluding steroid dienone is 10. The Labute approximate surface area is 348 Å². The average Bonchev–Trinajstić information content (AvgIpc) is 3.20. The normalized spacial score (nSPS) is 13.8. The van der Waals surface area contributed by atoms with Gasteiger partial charge in [0.2, 0.25) is 5.91 Å². The van der Waals surface area contributed by atoms with Gasteiger partial charge in [0.1, 0.15) is 12.7 Å². The van der Waals surface area contributed by atoms with Gasteiger partial charge in [-0.3, -0.25) is 18.6 Å². The van der Waals surface area contributed by atoms with Crippen LogP contribution in [-0.2, 0) is 27.9 Å². The molecule has 9 nitrogen and oxygen atoms in total. The minimum atomic E-state index is -4.43. The maximum Gasteiger partial charge on any atom is 0.472 e. The molecule has 0 bridgehead atoms. The topological polar surface area (TPSA) is 131 Å². The van der Waals surface area contributed by atoms with Crippen LogP contribution in [0.5, 0.6) is 0 Å². The standard InChI is InChI=1S/C47H84NO8P/c1-3-5-7-9-11-13-15-17-19-20-21-22-23-24-26-28-30-32-34-36-38-40-47(51)54-43-45(49)44-56-57(52,53)55-42-41-48-46(50)39-37-35-33-31-29-27-25-18-16-14-12-10-8-6-4-2/h11,13,17-19,21-22,24-26,45,49H,3-10,12,14-16,20,23,27-44H2,1-2H3,(H,48,50)(H,52,53)/b13-11-,19-17-,22-21-,25-18-,26-24-. The molecule has 57 heavy (non-hydrogen) atoms. The fourth-order valence-electron chi connectivity index (χ4n) is 5.95. The van der Waals surface area contributed by atoms with E-state index in [1.165, 1.54) is 77.0 Å². The molecule has 0 saturated heterocycles. The number of aliphatic hydroxyl groups excluding tert-OH is 1. The Kier molecular flexibility index (Phi) is 41.6. The van der Waals surface area contributed by atoms with Gasteiger partial charge in [0.25, 0.3) is 0 Å². The fourth-order valence-corrected chi connectivity index (χ4v) is 6.70. The Morgan fingerprint density at radius 1 is 0.544 bits per heavy atom. The number of hydrogen-bond acceptors (Lipinski definition) is 7. The van der Waals surface area contributed by atoms with E-state index in [4.69, 9.17) is 13.8 Å². The Hall–Kier alpha value is -2.29. The van der Waals surface area contributed by atoms with Gasteiger partial charge in [-0.05, 0) is 83.5 Å². The first-order chi connectivity index (χ1) is 27.8. The van der Waals surface area contributed by atoms with Gasteiger partial charge in [-0.15, -0.1) is 0 Å². The summed E-state index contributed by atoms with van der Waals surface area (Å²) in [5.41, 5.74) is 0. The summed E-state index contributed by atoms with van der Waals surface area (Å²) in [5.74, 6) is -0.545. The molecule has 0 aliphatic rings. The lowest BCUT2D eigenvalue weighted by Gasteiger charge is -2.15. The van der Waals surface area contributed by atoms with Crippen molar-refractivity contribution in [1.82, 2.24) is 5.32 Å². The number of hydrogen-bond donors (Lipinski definition) is 3. The lowest BCUT2D eigenvalue weighted by Crippen LogP contribution is -2.27. The van der Waals surface area contributed by atoms with Crippen molar-refractivity contribution in [2.75, 3.05) is 26.4 Å². The SMILES string of the molecule is CCCCC/C=C\C/C=C\C/C=C\C/C=C\CCCCCCCC(=O)OCC(O)COP(=O)(O)OCCNC(=O)CCCCCCC/C=C\CCCCCCCC. The summed E-state index contributed by atoms with van der Waals surface area (Å²) < 4.78 is 26.9. The van der Waals surface area contributed by atoms with Gasteiger partial charge in [-0.25, -0.2) is 4.57 Å². The van der Waals surface area contributed by atoms with Crippen LogP contribution in [-0.4, -0.2) is 54.3 Å². The van der Waals surface area contributed by atoms with E-state index in [1.54, 1.807) is 0 Å². The van der Waals surface area contributed by atoms with E-state index in [9.17, 15) is 24.2 Å². The lowest BCUT2D eigenvalue weighted by molar-refractivity contribution is -0.147. The van der Waals surface area contributed by atoms with Crippen molar-refractivity contribution in [3.05, 3.63) is 60.8 Å². The van der Waals surface area contributed by atoms with Crippen LogP contribution in [0.1, 0.15) is 194 Å². The number of carbonyl (C=O) groups excluding carboxylic acids is 2. The zero-order chi connectivity index (χ0) is 41.8. The van der Waals surface area contributed by atoms with Crippen LogP contribution in [0.3, 0.4) is 0 Å². The number of carbonyl (C=O) groups is 2. The molecule has 10 heteroatoms. The molecule has 0 aromatic rings. The number of phosphoric acid groups is 1. The van der Waals surface area contributed by atoms with Crippen LogP contribution in [0.15, 0.2) is 60.8 Å². The van der Waals surface area contributed by atoms with Crippen molar-refractivity contribution in [2.24, 2.45) is 0 Å². The quantitative estimate of drug-likeness (QED) is 0.0240. The van der Waals surface area contributed by atoms with E-state index >= 15 is 0 Å². The van der Waals surface area contributed by atoms with Gasteiger partial charge in [0.15, 0.2) is 0 Å². The number of unbranched alkanes of at least 4 members (excludes halogenated alkanes) is 19. The molecule has 0 spiro atoms. The van der Waals surface area contributed by atoms with Gasteiger partial charge in [0.05, 0.1) is 13.2 Å². The van der Waals surface area contributed by atoms with Crippen molar-refractivity contribution >= 4 is 19.7 Å². The van der Waals surface area contributed by atoms with Gasteiger partial charge in [-0.1, -0.05) is 158 Å². The van der Waals surface area contributed by atoms with Crippen LogP contribution in [0, 0.1) is 0 Å². The van der Waals surface area contributed by atoms with Crippen molar-refractivity contribution in [1.29, 1.82) is 0 Å². The van der Waals surface area contributed by atoms with Crippen molar-refractivity contribution in [2.45, 2.75) is 200 Å². The first-order valence-electron chi connectivity index (χ1n) is 22.8. The van der Waals surface area contributed by atoms with E-state index in [1.807, 2.05) is 0 Å². The van der Waals surface area contributed by atoms with Gasteiger partial charge < -0.3 is 20.1 Å². The Bertz CT molecular complexity index is 1120. The van der Waals surface area contributed by atoms with Crippen LogP contribution >= 0.6 is 7.82 Å². The molecule has 0 saturated carbocycles. The number of ether oxygens (including phenoxy) is 1. The third-order valence-corrected chi connectivity index (χ3v) is 10.4. The van der Waals surface area contributed by atoms with Crippen LogP contribution in [0.4, 0.5) is 0 Å². The molecule has 0 radical (unpaired) electrons. The summed E-state index contributed by atoms with van der Waals surface area (Å²) >= 11 is 0. The summed E-state index contributed by atoms with van der Waals surface area (Å²) in [6, 6.07) is 0. The number of phosphoric ester groups is 1. The third-order valence-electron chi connectivity index (χ3n) is 9.42. The number of rotatable bonds is 42. The predicted octanol–water partition coefficient (Wildman–Crippen LogP) is 12.9. The Balaban J connectivity index is 3.65. The number of amides is 1. The molecule has 3 N–H and O–H groups in total. The van der Waals surface area contributed by atoms with Crippen molar-refractivity contribution in [3.63, 3.8) is 0 Å². The van der Waals surface area contributed by atoms with Crippen LogP contribution in [0.25, 0.3) is 0 Å². The molecular weight excluding hydrogens is 737 g/mol. The highest BCUT2D eigenvalue weighted by atomic mass is 31.2. The highest BCUT2D eigenvalue weighted by Gasteiger charge is 2.23. The maximum absolute atomic E-state index is 12.1. The fraction of sp³-hybridized carbons (Fsp3) is 0.745. The summed E-state index contributed by atoms with van der Waals surface area (Å²) in [6.07, 6.45) is 51.4. The largest absolute Gasteiger partial charge is 0.472 e. The second-order valence-electron chi connectivity index (χ2n) is 15.0. The second kappa shape index (κ2) is 43.3. The molecule has 0 aromatic carbocycles. The monoisotopic (exact) mass is 822 g/mol. The first-order valence-corrected chi connectivity index (χ1v) is 24.3. The maximum atomic E-state index is 12.1. The summed E-state index contributed by atoms with van der Waals surface area (Å²) in [6.45, 7) is 3.49.